The first-order chi connectivity index (χ1) is 11.4. The highest BCUT2D eigenvalue weighted by atomic mass is 32.2. The van der Waals surface area contributed by atoms with Gasteiger partial charge in [0.05, 0.1) is 26.4 Å². The molecule has 1 fully saturated rings. The number of anilines is 1. The Morgan fingerprint density at radius 2 is 1.88 bits per heavy atom. The van der Waals surface area contributed by atoms with Gasteiger partial charge >= 0.3 is 0 Å². The Morgan fingerprint density at radius 3 is 2.50 bits per heavy atom. The van der Waals surface area contributed by atoms with Crippen LogP contribution >= 0.6 is 0 Å². The summed E-state index contributed by atoms with van der Waals surface area (Å²) in [5.41, 5.74) is 0. The Kier molecular flexibility index (Phi) is 4.31. The first kappa shape index (κ1) is 16.5. The molecule has 7 nitrogen and oxygen atoms in total. The summed E-state index contributed by atoms with van der Waals surface area (Å²) in [7, 11) is -1.79. The fourth-order valence-corrected chi connectivity index (χ4v) is 3.27. The van der Waals surface area contributed by atoms with Crippen LogP contribution in [-0.4, -0.2) is 50.9 Å². The third kappa shape index (κ3) is 3.28. The smallest absolute Gasteiger partial charge is 0.180 e. The van der Waals surface area contributed by atoms with Crippen LogP contribution in [0.3, 0.4) is 0 Å². The molecule has 0 radical (unpaired) electrons. The van der Waals surface area contributed by atoms with E-state index in [2.05, 4.69) is 9.97 Å². The third-order valence-electron chi connectivity index (χ3n) is 3.77. The number of methoxy groups -OCH3 is 1. The maximum atomic E-state index is 11.9. The zero-order chi connectivity index (χ0) is 17.3. The van der Waals surface area contributed by atoms with Crippen LogP contribution in [0.1, 0.15) is 5.82 Å². The number of sulfone groups is 1. The molecule has 0 unspecified atom stereocenters. The molecule has 1 aliphatic rings. The van der Waals surface area contributed by atoms with Crippen LogP contribution in [0.4, 0.5) is 5.82 Å². The predicted molar refractivity (Wildman–Crippen MR) is 89.5 cm³/mol. The largest absolute Gasteiger partial charge is 0.493 e. The molecule has 0 bridgehead atoms. The second kappa shape index (κ2) is 6.27. The summed E-state index contributed by atoms with van der Waals surface area (Å²) in [6, 6.07) is 7.43. The normalized spacial score (nSPS) is 15.0. The van der Waals surface area contributed by atoms with Crippen LogP contribution in [0.5, 0.6) is 11.5 Å². The highest BCUT2D eigenvalue weighted by Gasteiger charge is 2.33. The fourth-order valence-electron chi connectivity index (χ4n) is 2.52. The molecule has 3 rings (SSSR count). The van der Waals surface area contributed by atoms with Gasteiger partial charge < -0.3 is 14.4 Å². The quantitative estimate of drug-likeness (QED) is 0.808. The summed E-state index contributed by atoms with van der Waals surface area (Å²) in [6.45, 7) is 2.84. The van der Waals surface area contributed by atoms with Crippen molar-refractivity contribution in [3.8, 4) is 11.5 Å². The first-order valence-corrected chi connectivity index (χ1v) is 9.36. The summed E-state index contributed by atoms with van der Waals surface area (Å²) in [4.78, 5) is 10.3. The molecule has 8 heteroatoms. The van der Waals surface area contributed by atoms with Crippen molar-refractivity contribution in [2.75, 3.05) is 31.4 Å². The van der Waals surface area contributed by atoms with Crippen molar-refractivity contribution in [2.45, 2.75) is 17.9 Å². The van der Waals surface area contributed by atoms with Gasteiger partial charge in [0.1, 0.15) is 16.8 Å². The van der Waals surface area contributed by atoms with Crippen molar-refractivity contribution in [2.24, 2.45) is 0 Å². The Bertz CT molecular complexity index is 848. The van der Waals surface area contributed by atoms with Gasteiger partial charge in [-0.25, -0.2) is 18.4 Å². The number of nitrogens with zero attached hydrogens (tertiary/aromatic N) is 3. The number of hydrogen-bond donors (Lipinski definition) is 0. The summed E-state index contributed by atoms with van der Waals surface area (Å²) in [5.74, 6) is 2.31. The van der Waals surface area contributed by atoms with Gasteiger partial charge in [0, 0.05) is 6.26 Å². The average Bonchev–Trinajstić information content (AvgIpc) is 2.49. The van der Waals surface area contributed by atoms with E-state index >= 15 is 0 Å². The molecule has 1 aliphatic heterocycles. The summed E-state index contributed by atoms with van der Waals surface area (Å²) in [6.07, 6.45) is 2.47. The SMILES string of the molecule is COc1ccccc1OC1CN(c2nc(C)ncc2S(C)(=O)=O)C1. The molecule has 0 amide bonds. The monoisotopic (exact) mass is 349 g/mol. The standard InChI is InChI=1S/C16H19N3O4S/c1-11-17-8-15(24(3,20)21)16(18-11)19-9-12(10-19)23-14-7-5-4-6-13(14)22-2/h4-8,12H,9-10H2,1-3H3. The van der Waals surface area contributed by atoms with Gasteiger partial charge in [-0.2, -0.15) is 0 Å². The van der Waals surface area contributed by atoms with Crippen LogP contribution in [0, 0.1) is 6.92 Å². The lowest BCUT2D eigenvalue weighted by molar-refractivity contribution is 0.160. The lowest BCUT2D eigenvalue weighted by Gasteiger charge is -2.40. The average molecular weight is 349 g/mol. The molecule has 0 atom stereocenters. The van der Waals surface area contributed by atoms with E-state index in [9.17, 15) is 8.42 Å². The summed E-state index contributed by atoms with van der Waals surface area (Å²) < 4.78 is 35.0. The zero-order valence-electron chi connectivity index (χ0n) is 13.8. The second-order valence-electron chi connectivity index (χ2n) is 5.67. The van der Waals surface area contributed by atoms with Crippen LogP contribution in [0.15, 0.2) is 35.4 Å². The molecule has 0 aliphatic carbocycles. The number of aromatic nitrogens is 2. The van der Waals surface area contributed by atoms with Gasteiger partial charge in [0.15, 0.2) is 27.2 Å². The Morgan fingerprint density at radius 1 is 1.21 bits per heavy atom. The first-order valence-electron chi connectivity index (χ1n) is 7.47. The molecule has 1 aromatic carbocycles. The molecule has 0 spiro atoms. The van der Waals surface area contributed by atoms with Gasteiger partial charge in [0.25, 0.3) is 0 Å². The van der Waals surface area contributed by atoms with E-state index < -0.39 is 9.84 Å². The van der Waals surface area contributed by atoms with Crippen LogP contribution in [-0.2, 0) is 9.84 Å². The highest BCUT2D eigenvalue weighted by molar-refractivity contribution is 7.90. The van der Waals surface area contributed by atoms with Gasteiger partial charge in [-0.3, -0.25) is 0 Å². The van der Waals surface area contributed by atoms with E-state index in [1.54, 1.807) is 14.0 Å². The molecule has 2 heterocycles. The molecule has 1 aromatic heterocycles. The second-order valence-corrected chi connectivity index (χ2v) is 7.66. The van der Waals surface area contributed by atoms with Crippen molar-refractivity contribution in [1.82, 2.24) is 9.97 Å². The Hall–Kier alpha value is -2.35. The molecule has 128 valence electrons. The van der Waals surface area contributed by atoms with E-state index in [0.717, 1.165) is 6.26 Å². The molecule has 0 saturated carbocycles. The minimum Gasteiger partial charge on any atom is -0.493 e. The lowest BCUT2D eigenvalue weighted by atomic mass is 10.1. The number of aryl methyl sites for hydroxylation is 1. The molecule has 24 heavy (non-hydrogen) atoms. The number of hydrogen-bond acceptors (Lipinski definition) is 7. The van der Waals surface area contributed by atoms with E-state index in [-0.39, 0.29) is 11.0 Å². The fraction of sp³-hybridized carbons (Fsp3) is 0.375. The van der Waals surface area contributed by atoms with Gasteiger partial charge in [-0.05, 0) is 19.1 Å². The minimum atomic E-state index is -3.39. The number of benzene rings is 1. The molecular weight excluding hydrogens is 330 g/mol. The maximum Gasteiger partial charge on any atom is 0.180 e. The van der Waals surface area contributed by atoms with Crippen molar-refractivity contribution in [3.05, 3.63) is 36.3 Å². The summed E-state index contributed by atoms with van der Waals surface area (Å²) >= 11 is 0. The lowest BCUT2D eigenvalue weighted by Crippen LogP contribution is -2.54. The van der Waals surface area contributed by atoms with Crippen molar-refractivity contribution in [3.63, 3.8) is 0 Å². The van der Waals surface area contributed by atoms with Crippen LogP contribution in [0.25, 0.3) is 0 Å². The van der Waals surface area contributed by atoms with E-state index in [1.165, 1.54) is 6.20 Å². The topological polar surface area (TPSA) is 81.6 Å². The van der Waals surface area contributed by atoms with E-state index in [0.29, 0.717) is 36.2 Å². The molecule has 0 N–H and O–H groups in total. The third-order valence-corrected chi connectivity index (χ3v) is 4.85. The highest BCUT2D eigenvalue weighted by Crippen LogP contribution is 2.31. The van der Waals surface area contributed by atoms with Gasteiger partial charge in [-0.15, -0.1) is 0 Å². The van der Waals surface area contributed by atoms with Crippen molar-refractivity contribution < 1.29 is 17.9 Å². The number of ether oxygens (including phenoxy) is 2. The maximum absolute atomic E-state index is 11.9. The molecule has 2 aromatic rings. The Labute approximate surface area is 141 Å². The van der Waals surface area contributed by atoms with Crippen LogP contribution in [0.2, 0.25) is 0 Å². The van der Waals surface area contributed by atoms with Crippen LogP contribution < -0.4 is 14.4 Å². The van der Waals surface area contributed by atoms with Crippen molar-refractivity contribution in [1.29, 1.82) is 0 Å². The summed E-state index contributed by atoms with van der Waals surface area (Å²) in [5, 5.41) is 0. The minimum absolute atomic E-state index is 0.0519. The van der Waals surface area contributed by atoms with E-state index in [1.807, 2.05) is 29.2 Å². The van der Waals surface area contributed by atoms with Gasteiger partial charge in [-0.1, -0.05) is 12.1 Å². The zero-order valence-corrected chi connectivity index (χ0v) is 14.6. The van der Waals surface area contributed by atoms with Gasteiger partial charge in [0.2, 0.25) is 0 Å². The van der Waals surface area contributed by atoms with E-state index in [4.69, 9.17) is 9.47 Å². The molecular formula is C16H19N3O4S. The molecule has 1 saturated heterocycles. The van der Waals surface area contributed by atoms with Crippen molar-refractivity contribution >= 4 is 15.7 Å². The Balaban J connectivity index is 1.74. The number of para-hydroxylation sites is 2. The number of rotatable bonds is 5. The predicted octanol–water partition coefficient (Wildman–Crippen LogP) is 1.46.